The molecule has 0 aliphatic heterocycles. The van der Waals surface area contributed by atoms with Gasteiger partial charge in [0.15, 0.2) is 0 Å². The second-order valence-electron chi connectivity index (χ2n) is 10.2. The first kappa shape index (κ1) is 26.4. The number of nitrogens with zero attached hydrogens (tertiary/aromatic N) is 2. The highest BCUT2D eigenvalue weighted by Crippen LogP contribution is 2.34. The second-order valence-corrected chi connectivity index (χ2v) is 10.2. The molecular weight excluding hydrogens is 412 g/mol. The Hall–Kier alpha value is -2.22. The number of rotatable bonds is 14. The third-order valence-electron chi connectivity index (χ3n) is 7.44. The zero-order valence-corrected chi connectivity index (χ0v) is 21.7. The van der Waals surface area contributed by atoms with Crippen molar-refractivity contribution < 1.29 is 0 Å². The molecule has 2 aromatic rings. The summed E-state index contributed by atoms with van der Waals surface area (Å²) in [6.45, 7) is 4.56. The summed E-state index contributed by atoms with van der Waals surface area (Å²) in [5, 5.41) is 9.36. The van der Waals surface area contributed by atoms with Crippen molar-refractivity contribution in [2.75, 3.05) is 0 Å². The van der Waals surface area contributed by atoms with Gasteiger partial charge in [-0.25, -0.2) is 0 Å². The molecule has 0 amide bonds. The van der Waals surface area contributed by atoms with Crippen molar-refractivity contribution in [3.05, 3.63) is 71.3 Å². The molecule has 1 fully saturated rings. The standard InChI is InChI=1S/C32H46N2/c1-3-5-7-10-14-27-18-20-29(21-19-27)26-33-34-32(30-16-12-9-13-17-30)31-24-22-28(23-25-31)15-11-8-6-4-2/h9,12-13,16-21,26,28,31H,3-8,10-11,14-15,22-25H2,1-2H3. The molecule has 0 bridgehead atoms. The maximum Gasteiger partial charge on any atom is 0.0733 e. The molecule has 1 saturated carbocycles. The zero-order chi connectivity index (χ0) is 23.8. The molecule has 2 nitrogen and oxygen atoms in total. The molecule has 184 valence electrons. The summed E-state index contributed by atoms with van der Waals surface area (Å²) < 4.78 is 0. The van der Waals surface area contributed by atoms with E-state index in [2.05, 4.69) is 73.5 Å². The van der Waals surface area contributed by atoms with Crippen LogP contribution in [0.3, 0.4) is 0 Å². The first-order valence-electron chi connectivity index (χ1n) is 14.1. The van der Waals surface area contributed by atoms with Gasteiger partial charge in [-0.3, -0.25) is 0 Å². The molecule has 2 aromatic carbocycles. The van der Waals surface area contributed by atoms with Crippen molar-refractivity contribution in [2.45, 2.75) is 104 Å². The van der Waals surface area contributed by atoms with E-state index in [-0.39, 0.29) is 0 Å². The third kappa shape index (κ3) is 9.20. The van der Waals surface area contributed by atoms with Crippen LogP contribution in [-0.4, -0.2) is 11.9 Å². The van der Waals surface area contributed by atoms with E-state index in [1.54, 1.807) is 0 Å². The zero-order valence-electron chi connectivity index (χ0n) is 21.7. The van der Waals surface area contributed by atoms with Crippen LogP contribution < -0.4 is 0 Å². The molecular formula is C32H46N2. The fourth-order valence-electron chi connectivity index (χ4n) is 5.25. The van der Waals surface area contributed by atoms with Crippen molar-refractivity contribution >= 4 is 11.9 Å². The molecule has 2 heteroatoms. The van der Waals surface area contributed by atoms with Crippen LogP contribution in [0.5, 0.6) is 0 Å². The van der Waals surface area contributed by atoms with Crippen LogP contribution in [0.4, 0.5) is 0 Å². The van der Waals surface area contributed by atoms with Crippen LogP contribution in [0.1, 0.15) is 114 Å². The van der Waals surface area contributed by atoms with Crippen LogP contribution in [0, 0.1) is 11.8 Å². The summed E-state index contributed by atoms with van der Waals surface area (Å²) in [5.41, 5.74) is 4.96. The van der Waals surface area contributed by atoms with E-state index >= 15 is 0 Å². The lowest BCUT2D eigenvalue weighted by molar-refractivity contribution is 0.298. The van der Waals surface area contributed by atoms with E-state index in [1.165, 1.54) is 107 Å². The van der Waals surface area contributed by atoms with Gasteiger partial charge < -0.3 is 0 Å². The Balaban J connectivity index is 1.58. The van der Waals surface area contributed by atoms with Gasteiger partial charge in [0.05, 0.1) is 11.9 Å². The molecule has 0 heterocycles. The quantitative estimate of drug-likeness (QED) is 0.153. The van der Waals surface area contributed by atoms with Crippen molar-refractivity contribution in [2.24, 2.45) is 22.0 Å². The number of aryl methyl sites for hydroxylation is 1. The number of hydrogen-bond donors (Lipinski definition) is 0. The van der Waals surface area contributed by atoms with Crippen LogP contribution in [0.25, 0.3) is 0 Å². The van der Waals surface area contributed by atoms with Crippen molar-refractivity contribution in [1.29, 1.82) is 0 Å². The second kappa shape index (κ2) is 15.6. The Kier molecular flexibility index (Phi) is 12.1. The Bertz CT molecular complexity index is 842. The molecule has 34 heavy (non-hydrogen) atoms. The average Bonchev–Trinajstić information content (AvgIpc) is 2.89. The summed E-state index contributed by atoms with van der Waals surface area (Å²) in [6, 6.07) is 19.6. The van der Waals surface area contributed by atoms with Crippen LogP contribution in [0.15, 0.2) is 64.8 Å². The molecule has 3 rings (SSSR count). The number of hydrogen-bond acceptors (Lipinski definition) is 2. The maximum absolute atomic E-state index is 4.80. The maximum atomic E-state index is 4.80. The Morgan fingerprint density at radius 2 is 1.44 bits per heavy atom. The van der Waals surface area contributed by atoms with Gasteiger partial charge in [0, 0.05) is 5.92 Å². The van der Waals surface area contributed by atoms with Gasteiger partial charge >= 0.3 is 0 Å². The third-order valence-corrected chi connectivity index (χ3v) is 7.44. The van der Waals surface area contributed by atoms with E-state index in [0.717, 1.165) is 11.5 Å². The monoisotopic (exact) mass is 458 g/mol. The number of unbranched alkanes of at least 4 members (excludes halogenated alkanes) is 6. The molecule has 0 saturated heterocycles. The normalized spacial score (nSPS) is 19.1. The molecule has 1 aliphatic rings. The van der Waals surface area contributed by atoms with Gasteiger partial charge in [-0.05, 0) is 61.1 Å². The molecule has 0 atom stereocenters. The highest BCUT2D eigenvalue weighted by molar-refractivity contribution is 6.02. The summed E-state index contributed by atoms with van der Waals surface area (Å²) in [4.78, 5) is 0. The van der Waals surface area contributed by atoms with Crippen LogP contribution in [-0.2, 0) is 6.42 Å². The Morgan fingerprint density at radius 3 is 2.12 bits per heavy atom. The van der Waals surface area contributed by atoms with Crippen LogP contribution in [0.2, 0.25) is 0 Å². The lowest BCUT2D eigenvalue weighted by Crippen LogP contribution is -2.22. The van der Waals surface area contributed by atoms with E-state index in [4.69, 9.17) is 5.10 Å². The van der Waals surface area contributed by atoms with Gasteiger partial charge in [0.2, 0.25) is 0 Å². The Labute approximate surface area is 209 Å². The molecule has 0 N–H and O–H groups in total. The minimum atomic E-state index is 0.525. The van der Waals surface area contributed by atoms with Crippen molar-refractivity contribution in [3.8, 4) is 0 Å². The summed E-state index contributed by atoms with van der Waals surface area (Å²) in [7, 11) is 0. The van der Waals surface area contributed by atoms with E-state index in [0.29, 0.717) is 5.92 Å². The fraction of sp³-hybridized carbons (Fsp3) is 0.562. The fourth-order valence-corrected chi connectivity index (χ4v) is 5.25. The number of benzene rings is 2. The predicted molar refractivity (Wildman–Crippen MR) is 149 cm³/mol. The SMILES string of the molecule is CCCCCCc1ccc(C=NN=C(c2ccccc2)C2CCC(CCCCCC)CC2)cc1. The molecule has 0 radical (unpaired) electrons. The summed E-state index contributed by atoms with van der Waals surface area (Å²) in [6.07, 6.45) is 20.5. The van der Waals surface area contributed by atoms with Gasteiger partial charge in [-0.2, -0.15) is 10.2 Å². The van der Waals surface area contributed by atoms with E-state index in [1.807, 2.05) is 6.21 Å². The lowest BCUT2D eigenvalue weighted by atomic mass is 9.76. The van der Waals surface area contributed by atoms with Crippen molar-refractivity contribution in [1.82, 2.24) is 0 Å². The molecule has 0 aromatic heterocycles. The lowest BCUT2D eigenvalue weighted by Gasteiger charge is -2.29. The highest BCUT2D eigenvalue weighted by atomic mass is 15.2. The average molecular weight is 459 g/mol. The first-order valence-corrected chi connectivity index (χ1v) is 14.1. The highest BCUT2D eigenvalue weighted by Gasteiger charge is 2.25. The van der Waals surface area contributed by atoms with Crippen LogP contribution >= 0.6 is 0 Å². The topological polar surface area (TPSA) is 24.7 Å². The molecule has 1 aliphatic carbocycles. The van der Waals surface area contributed by atoms with Gasteiger partial charge in [-0.15, -0.1) is 0 Å². The van der Waals surface area contributed by atoms with Gasteiger partial charge in [0.25, 0.3) is 0 Å². The molecule has 0 unspecified atom stereocenters. The van der Waals surface area contributed by atoms with E-state index < -0.39 is 0 Å². The van der Waals surface area contributed by atoms with Gasteiger partial charge in [-0.1, -0.05) is 120 Å². The summed E-state index contributed by atoms with van der Waals surface area (Å²) in [5.74, 6) is 1.44. The summed E-state index contributed by atoms with van der Waals surface area (Å²) >= 11 is 0. The minimum absolute atomic E-state index is 0.525. The minimum Gasteiger partial charge on any atom is -0.158 e. The Morgan fingerprint density at radius 1 is 0.765 bits per heavy atom. The largest absolute Gasteiger partial charge is 0.158 e. The smallest absolute Gasteiger partial charge is 0.0733 e. The molecule has 0 spiro atoms. The van der Waals surface area contributed by atoms with Crippen molar-refractivity contribution in [3.63, 3.8) is 0 Å². The van der Waals surface area contributed by atoms with Gasteiger partial charge in [0.1, 0.15) is 0 Å². The first-order chi connectivity index (χ1) is 16.8. The van der Waals surface area contributed by atoms with E-state index in [9.17, 15) is 0 Å². The predicted octanol–water partition coefficient (Wildman–Crippen LogP) is 9.41.